The van der Waals surface area contributed by atoms with Gasteiger partial charge in [0.25, 0.3) is 5.91 Å². The molecule has 2 heterocycles. The van der Waals surface area contributed by atoms with Gasteiger partial charge in [0, 0.05) is 32.2 Å². The number of carbonyl (C=O) groups excluding carboxylic acids is 1. The van der Waals surface area contributed by atoms with Crippen molar-refractivity contribution in [3.63, 3.8) is 0 Å². The quantitative estimate of drug-likeness (QED) is 0.837. The summed E-state index contributed by atoms with van der Waals surface area (Å²) >= 11 is 0. The Morgan fingerprint density at radius 1 is 1.44 bits per heavy atom. The molecule has 1 amide bonds. The summed E-state index contributed by atoms with van der Waals surface area (Å²) < 4.78 is 5.09. The Kier molecular flexibility index (Phi) is 3.98. The van der Waals surface area contributed by atoms with E-state index in [0.717, 1.165) is 26.2 Å². The van der Waals surface area contributed by atoms with Crippen molar-refractivity contribution in [1.29, 1.82) is 0 Å². The highest BCUT2D eigenvalue weighted by molar-refractivity contribution is 5.93. The van der Waals surface area contributed by atoms with Gasteiger partial charge in [-0.15, -0.1) is 0 Å². The Balaban J connectivity index is 2.00. The molecule has 1 aliphatic heterocycles. The molecule has 0 saturated carbocycles. The molecule has 100 valence electrons. The fourth-order valence-electron chi connectivity index (χ4n) is 2.18. The van der Waals surface area contributed by atoms with Crippen LogP contribution in [0.4, 0.5) is 0 Å². The molecule has 0 spiro atoms. The zero-order chi connectivity index (χ0) is 13.1. The molecule has 0 aliphatic carbocycles. The molecule has 1 fully saturated rings. The van der Waals surface area contributed by atoms with Crippen LogP contribution in [0.15, 0.2) is 10.8 Å². The highest BCUT2D eigenvalue weighted by atomic mass is 16.3. The van der Waals surface area contributed by atoms with Gasteiger partial charge >= 0.3 is 0 Å². The summed E-state index contributed by atoms with van der Waals surface area (Å²) in [6, 6.07) is 0.522. The van der Waals surface area contributed by atoms with Crippen molar-refractivity contribution in [2.24, 2.45) is 5.73 Å². The van der Waals surface area contributed by atoms with Gasteiger partial charge in [0.2, 0.25) is 0 Å². The van der Waals surface area contributed by atoms with Crippen LogP contribution in [0.2, 0.25) is 0 Å². The molecule has 0 atom stereocenters. The maximum atomic E-state index is 12.2. The number of oxazole rings is 1. The minimum atomic E-state index is -0.0763. The molecule has 2 N–H and O–H groups in total. The van der Waals surface area contributed by atoms with Crippen molar-refractivity contribution in [3.8, 4) is 0 Å². The standard InChI is InChI=1S/C12H20N4O2/c1-9(2)15-3-5-16(6-4-15)12(17)11-10(7-13)18-8-14-11/h8-9H,3-7,13H2,1-2H3. The van der Waals surface area contributed by atoms with Gasteiger partial charge in [-0.2, -0.15) is 0 Å². The fourth-order valence-corrected chi connectivity index (χ4v) is 2.18. The highest BCUT2D eigenvalue weighted by Gasteiger charge is 2.26. The molecule has 0 radical (unpaired) electrons. The molecular formula is C12H20N4O2. The van der Waals surface area contributed by atoms with Crippen molar-refractivity contribution >= 4 is 5.91 Å². The van der Waals surface area contributed by atoms with E-state index in [1.165, 1.54) is 6.39 Å². The number of aromatic nitrogens is 1. The predicted octanol–water partition coefficient (Wildman–Crippen LogP) is 0.300. The number of amides is 1. The van der Waals surface area contributed by atoms with Crippen molar-refractivity contribution in [3.05, 3.63) is 17.8 Å². The average Bonchev–Trinajstić information content (AvgIpc) is 2.86. The molecule has 0 bridgehead atoms. The summed E-state index contributed by atoms with van der Waals surface area (Å²) in [4.78, 5) is 20.4. The monoisotopic (exact) mass is 252 g/mol. The number of piperazine rings is 1. The largest absolute Gasteiger partial charge is 0.446 e. The Morgan fingerprint density at radius 3 is 2.67 bits per heavy atom. The van der Waals surface area contributed by atoms with Crippen LogP contribution >= 0.6 is 0 Å². The van der Waals surface area contributed by atoms with Gasteiger partial charge in [0.1, 0.15) is 0 Å². The number of nitrogens with two attached hydrogens (primary N) is 1. The van der Waals surface area contributed by atoms with Crippen molar-refractivity contribution in [1.82, 2.24) is 14.8 Å². The van der Waals surface area contributed by atoms with Crippen molar-refractivity contribution in [2.45, 2.75) is 26.4 Å². The van der Waals surface area contributed by atoms with E-state index in [2.05, 4.69) is 23.7 Å². The lowest BCUT2D eigenvalue weighted by Crippen LogP contribution is -2.50. The molecule has 1 aromatic heterocycles. The molecule has 1 aliphatic rings. The van der Waals surface area contributed by atoms with E-state index < -0.39 is 0 Å². The zero-order valence-electron chi connectivity index (χ0n) is 10.9. The lowest BCUT2D eigenvalue weighted by atomic mass is 10.2. The summed E-state index contributed by atoms with van der Waals surface area (Å²) in [6.07, 6.45) is 1.28. The van der Waals surface area contributed by atoms with Gasteiger partial charge < -0.3 is 15.1 Å². The first-order chi connectivity index (χ1) is 8.63. The number of hydrogen-bond acceptors (Lipinski definition) is 5. The topological polar surface area (TPSA) is 75.6 Å². The van der Waals surface area contributed by atoms with Crippen LogP contribution in [0.25, 0.3) is 0 Å². The van der Waals surface area contributed by atoms with E-state index in [4.69, 9.17) is 10.2 Å². The van der Waals surface area contributed by atoms with Crippen LogP contribution in [0.3, 0.4) is 0 Å². The van der Waals surface area contributed by atoms with Crippen LogP contribution < -0.4 is 5.73 Å². The third kappa shape index (κ3) is 2.54. The third-order valence-electron chi connectivity index (χ3n) is 3.36. The molecule has 18 heavy (non-hydrogen) atoms. The maximum absolute atomic E-state index is 12.2. The minimum absolute atomic E-state index is 0.0763. The lowest BCUT2D eigenvalue weighted by molar-refractivity contribution is 0.0588. The van der Waals surface area contributed by atoms with Crippen LogP contribution in [-0.4, -0.2) is 52.9 Å². The smallest absolute Gasteiger partial charge is 0.276 e. The first-order valence-corrected chi connectivity index (χ1v) is 6.29. The molecule has 6 nitrogen and oxygen atoms in total. The van der Waals surface area contributed by atoms with E-state index in [1.54, 1.807) is 0 Å². The second-order valence-corrected chi connectivity index (χ2v) is 4.75. The Morgan fingerprint density at radius 2 is 2.11 bits per heavy atom. The van der Waals surface area contributed by atoms with Gasteiger partial charge in [0.15, 0.2) is 17.8 Å². The molecule has 0 unspecified atom stereocenters. The second-order valence-electron chi connectivity index (χ2n) is 4.75. The van der Waals surface area contributed by atoms with E-state index in [-0.39, 0.29) is 12.5 Å². The number of nitrogens with zero attached hydrogens (tertiary/aromatic N) is 3. The molecular weight excluding hydrogens is 232 g/mol. The van der Waals surface area contributed by atoms with Gasteiger partial charge in [-0.05, 0) is 13.8 Å². The van der Waals surface area contributed by atoms with Gasteiger partial charge in [-0.25, -0.2) is 4.98 Å². The first kappa shape index (κ1) is 13.0. The average molecular weight is 252 g/mol. The summed E-state index contributed by atoms with van der Waals surface area (Å²) in [7, 11) is 0. The van der Waals surface area contributed by atoms with E-state index in [9.17, 15) is 4.79 Å². The SMILES string of the molecule is CC(C)N1CCN(C(=O)c2ncoc2CN)CC1. The van der Waals surface area contributed by atoms with Gasteiger partial charge in [0.05, 0.1) is 6.54 Å². The molecule has 0 aromatic carbocycles. The number of hydrogen-bond donors (Lipinski definition) is 1. The van der Waals surface area contributed by atoms with E-state index in [1.807, 2.05) is 4.90 Å². The first-order valence-electron chi connectivity index (χ1n) is 6.29. The molecule has 6 heteroatoms. The summed E-state index contributed by atoms with van der Waals surface area (Å²) in [5.41, 5.74) is 5.87. The van der Waals surface area contributed by atoms with Crippen LogP contribution in [0, 0.1) is 0 Å². The van der Waals surface area contributed by atoms with Crippen LogP contribution in [0.1, 0.15) is 30.1 Å². The Bertz CT molecular complexity index is 408. The maximum Gasteiger partial charge on any atom is 0.276 e. The van der Waals surface area contributed by atoms with Crippen molar-refractivity contribution in [2.75, 3.05) is 26.2 Å². The summed E-state index contributed by atoms with van der Waals surface area (Å²) in [6.45, 7) is 7.80. The van der Waals surface area contributed by atoms with Gasteiger partial charge in [-0.1, -0.05) is 0 Å². The van der Waals surface area contributed by atoms with Crippen molar-refractivity contribution < 1.29 is 9.21 Å². The third-order valence-corrected chi connectivity index (χ3v) is 3.36. The number of carbonyl (C=O) groups is 1. The lowest BCUT2D eigenvalue weighted by Gasteiger charge is -2.36. The minimum Gasteiger partial charge on any atom is -0.446 e. The fraction of sp³-hybridized carbons (Fsp3) is 0.667. The summed E-state index contributed by atoms with van der Waals surface area (Å²) in [5.74, 6) is 0.388. The van der Waals surface area contributed by atoms with E-state index in [0.29, 0.717) is 17.5 Å². The van der Waals surface area contributed by atoms with Gasteiger partial charge in [-0.3, -0.25) is 9.69 Å². The van der Waals surface area contributed by atoms with Crippen LogP contribution in [-0.2, 0) is 6.54 Å². The molecule has 1 aromatic rings. The zero-order valence-corrected chi connectivity index (χ0v) is 10.9. The van der Waals surface area contributed by atoms with E-state index >= 15 is 0 Å². The number of rotatable bonds is 3. The Labute approximate surface area is 107 Å². The molecule has 2 rings (SSSR count). The predicted molar refractivity (Wildman–Crippen MR) is 67.0 cm³/mol. The second kappa shape index (κ2) is 5.49. The summed E-state index contributed by atoms with van der Waals surface area (Å²) in [5, 5.41) is 0. The Hall–Kier alpha value is -1.40. The van der Waals surface area contributed by atoms with Crippen LogP contribution in [0.5, 0.6) is 0 Å². The molecule has 1 saturated heterocycles. The normalized spacial score (nSPS) is 17.4. The highest BCUT2D eigenvalue weighted by Crippen LogP contribution is 2.12.